The first-order valence-corrected chi connectivity index (χ1v) is 13.7. The molecule has 2 aliphatic rings. The van der Waals surface area contributed by atoms with E-state index in [0.29, 0.717) is 11.3 Å². The van der Waals surface area contributed by atoms with Gasteiger partial charge in [0.25, 0.3) is 5.69 Å². The van der Waals surface area contributed by atoms with Crippen LogP contribution in [0.3, 0.4) is 0 Å². The van der Waals surface area contributed by atoms with E-state index in [1.165, 1.54) is 12.5 Å². The van der Waals surface area contributed by atoms with Crippen LogP contribution < -0.4 is 9.64 Å². The lowest BCUT2D eigenvalue weighted by molar-refractivity contribution is -0.385. The average Bonchev–Trinajstić information content (AvgIpc) is 2.99. The quantitative estimate of drug-likeness (QED) is 0.133. The molecule has 6 rings (SSSR count). The molecule has 0 saturated heterocycles. The van der Waals surface area contributed by atoms with Crippen molar-refractivity contribution in [3.8, 4) is 5.75 Å². The summed E-state index contributed by atoms with van der Waals surface area (Å²) in [5.74, 6) is 0.636. The third kappa shape index (κ3) is 4.35. The number of fused-ring (bicyclic) bond motifs is 5. The van der Waals surface area contributed by atoms with Crippen molar-refractivity contribution in [3.63, 3.8) is 0 Å². The highest BCUT2D eigenvalue weighted by atomic mass is 16.6. The summed E-state index contributed by atoms with van der Waals surface area (Å²) in [6.07, 6.45) is 4.47. The fourth-order valence-electron chi connectivity index (χ4n) is 5.99. The van der Waals surface area contributed by atoms with E-state index >= 15 is 0 Å². The molecule has 2 heterocycles. The number of anilines is 1. The third-order valence-electron chi connectivity index (χ3n) is 7.81. The van der Waals surface area contributed by atoms with E-state index in [0.717, 1.165) is 48.1 Å². The van der Waals surface area contributed by atoms with Gasteiger partial charge in [0.15, 0.2) is 12.5 Å². The Morgan fingerprint density at radius 1 is 0.846 bits per heavy atom. The summed E-state index contributed by atoms with van der Waals surface area (Å²) in [4.78, 5) is 13.6. The maximum Gasteiger partial charge on any atom is 0.270 e. The maximum atomic E-state index is 11.8. The van der Waals surface area contributed by atoms with Crippen molar-refractivity contribution in [2.24, 2.45) is 0 Å². The first kappa shape index (κ1) is 25.1. The minimum atomic E-state index is -0.924. The second-order valence-corrected chi connectivity index (χ2v) is 10.2. The molecule has 0 saturated carbocycles. The summed E-state index contributed by atoms with van der Waals surface area (Å²) in [5.41, 5.74) is 3.80. The van der Waals surface area contributed by atoms with Gasteiger partial charge in [-0.05, 0) is 29.7 Å². The highest BCUT2D eigenvalue weighted by Gasteiger charge is 2.51. The van der Waals surface area contributed by atoms with Crippen molar-refractivity contribution in [1.29, 1.82) is 0 Å². The number of nitro benzene ring substituents is 1. The van der Waals surface area contributed by atoms with Gasteiger partial charge in [0.2, 0.25) is 0 Å². The van der Waals surface area contributed by atoms with Gasteiger partial charge in [-0.25, -0.2) is 0 Å². The van der Waals surface area contributed by atoms with E-state index in [2.05, 4.69) is 48.2 Å². The molecule has 4 aromatic carbocycles. The number of ether oxygens (including phenoxy) is 2. The molecule has 39 heavy (non-hydrogen) atoms. The number of hydrogen-bond donors (Lipinski definition) is 0. The zero-order chi connectivity index (χ0) is 26.8. The Morgan fingerprint density at radius 2 is 1.51 bits per heavy atom. The van der Waals surface area contributed by atoms with E-state index in [9.17, 15) is 10.1 Å². The Labute approximate surface area is 229 Å². The lowest BCUT2D eigenvalue weighted by atomic mass is 9.77. The Bertz CT molecular complexity index is 1420. The lowest BCUT2D eigenvalue weighted by Crippen LogP contribution is -2.54. The first-order chi connectivity index (χ1) is 19.1. The van der Waals surface area contributed by atoms with Crippen LogP contribution in [0.4, 0.5) is 11.4 Å². The van der Waals surface area contributed by atoms with Crippen molar-refractivity contribution in [2.45, 2.75) is 57.1 Å². The number of benzene rings is 4. The fraction of sp³-hybridized carbons (Fsp3) is 0.273. The van der Waals surface area contributed by atoms with Gasteiger partial charge in [0, 0.05) is 29.8 Å². The molecule has 0 spiro atoms. The zero-order valence-corrected chi connectivity index (χ0v) is 22.0. The van der Waals surface area contributed by atoms with Crippen LogP contribution in [0.25, 0.3) is 0 Å². The summed E-state index contributed by atoms with van der Waals surface area (Å²) in [5, 5.41) is 11.8. The van der Waals surface area contributed by atoms with Crippen LogP contribution >= 0.6 is 0 Å². The molecule has 4 aromatic rings. The van der Waals surface area contributed by atoms with E-state index in [1.54, 1.807) is 12.1 Å². The molecule has 6 heteroatoms. The van der Waals surface area contributed by atoms with Gasteiger partial charge in [-0.1, -0.05) is 105 Å². The molecule has 0 unspecified atom stereocenters. The smallest absolute Gasteiger partial charge is 0.270 e. The zero-order valence-electron chi connectivity index (χ0n) is 22.0. The summed E-state index contributed by atoms with van der Waals surface area (Å²) in [6.45, 7) is 2.21. The van der Waals surface area contributed by atoms with Crippen molar-refractivity contribution >= 4 is 11.4 Å². The van der Waals surface area contributed by atoms with Crippen molar-refractivity contribution in [2.75, 3.05) is 4.90 Å². The number of rotatable bonds is 8. The van der Waals surface area contributed by atoms with E-state index < -0.39 is 11.8 Å². The van der Waals surface area contributed by atoms with Crippen molar-refractivity contribution in [3.05, 3.63) is 135 Å². The van der Waals surface area contributed by atoms with Crippen LogP contribution in [0.1, 0.15) is 67.5 Å². The fourth-order valence-corrected chi connectivity index (χ4v) is 5.99. The molecule has 0 aromatic heterocycles. The molecule has 0 aliphatic carbocycles. The molecule has 0 N–H and O–H groups in total. The van der Waals surface area contributed by atoms with Crippen molar-refractivity contribution in [1.82, 2.24) is 0 Å². The van der Waals surface area contributed by atoms with Gasteiger partial charge in [-0.3, -0.25) is 10.1 Å². The largest absolute Gasteiger partial charge is 0.470 e. The Hall–Kier alpha value is -4.16. The summed E-state index contributed by atoms with van der Waals surface area (Å²) < 4.78 is 13.9. The minimum absolute atomic E-state index is 0.0196. The standard InChI is InChI=1S/C33H32N2O4/c1-2-3-4-11-20-31-34-29-19-13-12-18-28(29)33(24-14-7-5-8-15-24,25-16-9-6-10-17-25)39-32(34)27-23-26(35(36)37)21-22-30(27)38-31/h5-10,12-19,21-23,31-32H,2-4,11,20H2,1H3/t31-,32-/m1/s1. The predicted octanol–water partition coefficient (Wildman–Crippen LogP) is 8.11. The number of non-ortho nitro benzene ring substituents is 1. The molecular weight excluding hydrogens is 488 g/mol. The van der Waals surface area contributed by atoms with Crippen LogP contribution in [-0.4, -0.2) is 11.2 Å². The van der Waals surface area contributed by atoms with E-state index in [-0.39, 0.29) is 16.8 Å². The Kier molecular flexibility index (Phi) is 6.79. The monoisotopic (exact) mass is 520 g/mol. The minimum Gasteiger partial charge on any atom is -0.470 e. The molecule has 198 valence electrons. The van der Waals surface area contributed by atoms with Gasteiger partial charge in [0.05, 0.1) is 10.5 Å². The molecular formula is C33H32N2O4. The van der Waals surface area contributed by atoms with Crippen LogP contribution in [0.2, 0.25) is 0 Å². The van der Waals surface area contributed by atoms with Crippen LogP contribution in [0, 0.1) is 10.1 Å². The summed E-state index contributed by atoms with van der Waals surface area (Å²) in [7, 11) is 0. The maximum absolute atomic E-state index is 11.8. The highest BCUT2D eigenvalue weighted by Crippen LogP contribution is 2.56. The third-order valence-corrected chi connectivity index (χ3v) is 7.81. The van der Waals surface area contributed by atoms with E-state index in [1.807, 2.05) is 48.5 Å². The second kappa shape index (κ2) is 10.5. The SMILES string of the molecule is CCCCCC[C@H]1Oc2ccc([N+](=O)[O-])cc2[C@H]2OC(c3ccccc3)(c3ccccc3)c3ccccc3N21. The molecule has 0 fully saturated rings. The molecule has 2 atom stereocenters. The molecule has 0 bridgehead atoms. The Balaban J connectivity index is 1.59. The highest BCUT2D eigenvalue weighted by molar-refractivity contribution is 5.67. The first-order valence-electron chi connectivity index (χ1n) is 13.7. The van der Waals surface area contributed by atoms with Crippen molar-refractivity contribution < 1.29 is 14.4 Å². The number of para-hydroxylation sites is 1. The van der Waals surface area contributed by atoms with Gasteiger partial charge in [0.1, 0.15) is 11.4 Å². The normalized spacial score (nSPS) is 18.8. The van der Waals surface area contributed by atoms with Gasteiger partial charge >= 0.3 is 0 Å². The van der Waals surface area contributed by atoms with Gasteiger partial charge < -0.3 is 14.4 Å². The topological polar surface area (TPSA) is 64.8 Å². The van der Waals surface area contributed by atoms with E-state index in [4.69, 9.17) is 9.47 Å². The Morgan fingerprint density at radius 3 is 2.18 bits per heavy atom. The van der Waals surface area contributed by atoms with Gasteiger partial charge in [-0.2, -0.15) is 0 Å². The molecule has 0 amide bonds. The van der Waals surface area contributed by atoms with Crippen LogP contribution in [0.5, 0.6) is 5.75 Å². The summed E-state index contributed by atoms with van der Waals surface area (Å²) in [6, 6.07) is 33.7. The molecule has 2 aliphatic heterocycles. The number of nitro groups is 1. The molecule has 6 nitrogen and oxygen atoms in total. The number of unbranched alkanes of at least 4 members (excludes halogenated alkanes) is 3. The lowest BCUT2D eigenvalue weighted by Gasteiger charge is -2.53. The molecule has 0 radical (unpaired) electrons. The second-order valence-electron chi connectivity index (χ2n) is 10.2. The number of hydrogen-bond acceptors (Lipinski definition) is 5. The van der Waals surface area contributed by atoms with Crippen LogP contribution in [0.15, 0.2) is 103 Å². The van der Waals surface area contributed by atoms with Crippen LogP contribution in [-0.2, 0) is 10.3 Å². The number of nitrogens with zero attached hydrogens (tertiary/aromatic N) is 2. The van der Waals surface area contributed by atoms with Gasteiger partial charge in [-0.15, -0.1) is 0 Å². The average molecular weight is 521 g/mol. The predicted molar refractivity (Wildman–Crippen MR) is 152 cm³/mol. The summed E-state index contributed by atoms with van der Waals surface area (Å²) >= 11 is 0.